The van der Waals surface area contributed by atoms with Crippen LogP contribution in [0.4, 0.5) is 0 Å². The lowest BCUT2D eigenvalue weighted by Gasteiger charge is -2.33. The lowest BCUT2D eigenvalue weighted by atomic mass is 9.35. The van der Waals surface area contributed by atoms with Gasteiger partial charge in [-0.05, 0) is 59.8 Å². The van der Waals surface area contributed by atoms with Crippen molar-refractivity contribution in [3.63, 3.8) is 0 Å². The molecule has 0 unspecified atom stereocenters. The summed E-state index contributed by atoms with van der Waals surface area (Å²) in [7, 11) is 0. The van der Waals surface area contributed by atoms with Gasteiger partial charge in [0.05, 0.1) is 11.0 Å². The number of ether oxygens (including phenoxy) is 2. The van der Waals surface area contributed by atoms with Crippen molar-refractivity contribution in [1.29, 1.82) is 0 Å². The first kappa shape index (κ1) is 18.9. The first-order chi connectivity index (χ1) is 17.3. The van der Waals surface area contributed by atoms with Gasteiger partial charge in [0.25, 0.3) is 6.71 Å². The van der Waals surface area contributed by atoms with Crippen molar-refractivity contribution in [2.24, 2.45) is 0 Å². The van der Waals surface area contributed by atoms with Crippen LogP contribution >= 0.6 is 0 Å². The third-order valence-electron chi connectivity index (χ3n) is 7.36. The molecule has 164 valence electrons. The van der Waals surface area contributed by atoms with Crippen LogP contribution in [0.3, 0.4) is 0 Å². The average molecular weight is 449 g/mol. The van der Waals surface area contributed by atoms with E-state index in [4.69, 9.17) is 9.47 Å². The van der Waals surface area contributed by atoms with Crippen LogP contribution in [0.5, 0.6) is 23.0 Å². The molecule has 0 saturated carbocycles. The predicted octanol–water partition coefficient (Wildman–Crippen LogP) is 5.82. The van der Waals surface area contributed by atoms with Crippen molar-refractivity contribution in [1.82, 2.24) is 4.57 Å². The maximum Gasteiger partial charge on any atom is 0.260 e. The lowest BCUT2D eigenvalue weighted by Crippen LogP contribution is -2.57. The Morgan fingerprint density at radius 3 is 2.09 bits per heavy atom. The van der Waals surface area contributed by atoms with Crippen molar-refractivity contribution < 1.29 is 9.47 Å². The van der Waals surface area contributed by atoms with Gasteiger partial charge in [-0.1, -0.05) is 66.7 Å². The Morgan fingerprint density at radius 2 is 1.31 bits per heavy atom. The molecule has 0 aliphatic carbocycles. The van der Waals surface area contributed by atoms with Crippen molar-refractivity contribution in [2.75, 3.05) is 0 Å². The van der Waals surface area contributed by atoms with E-state index in [1.165, 1.54) is 27.4 Å². The quantitative estimate of drug-likeness (QED) is 0.295. The van der Waals surface area contributed by atoms with Gasteiger partial charge in [-0.15, -0.1) is 0 Å². The number of aromatic nitrogens is 1. The molecule has 0 fully saturated rings. The van der Waals surface area contributed by atoms with Crippen molar-refractivity contribution in [2.45, 2.75) is 6.92 Å². The van der Waals surface area contributed by atoms with Crippen molar-refractivity contribution in [3.8, 4) is 28.7 Å². The fourth-order valence-corrected chi connectivity index (χ4v) is 5.88. The molecule has 35 heavy (non-hydrogen) atoms. The molecule has 0 radical (unpaired) electrons. The molecule has 0 saturated heterocycles. The molecular weight excluding hydrogens is 429 g/mol. The molecule has 3 heterocycles. The van der Waals surface area contributed by atoms with E-state index in [1.54, 1.807) is 0 Å². The monoisotopic (exact) mass is 449 g/mol. The number of aryl methyl sites for hydroxylation is 1. The largest absolute Gasteiger partial charge is 0.458 e. The second-order valence-corrected chi connectivity index (χ2v) is 9.42. The molecular formula is C31H20BNO2. The van der Waals surface area contributed by atoms with Crippen LogP contribution in [-0.4, -0.2) is 11.3 Å². The predicted molar refractivity (Wildman–Crippen MR) is 143 cm³/mol. The zero-order chi connectivity index (χ0) is 23.1. The number of para-hydroxylation sites is 3. The van der Waals surface area contributed by atoms with E-state index in [0.29, 0.717) is 0 Å². The Kier molecular flexibility index (Phi) is 3.68. The van der Waals surface area contributed by atoms with Gasteiger partial charge < -0.3 is 14.0 Å². The van der Waals surface area contributed by atoms with E-state index in [0.717, 1.165) is 45.1 Å². The van der Waals surface area contributed by atoms with Gasteiger partial charge >= 0.3 is 0 Å². The lowest BCUT2D eigenvalue weighted by molar-refractivity contribution is 0.467. The number of hydrogen-bond donors (Lipinski definition) is 0. The molecule has 0 amide bonds. The topological polar surface area (TPSA) is 23.4 Å². The van der Waals surface area contributed by atoms with Crippen LogP contribution in [0.1, 0.15) is 5.56 Å². The Bertz CT molecular complexity index is 1810. The molecule has 1 aromatic heterocycles. The minimum atomic E-state index is 0.0586. The van der Waals surface area contributed by atoms with Crippen LogP contribution in [0.15, 0.2) is 103 Å². The molecule has 0 N–H and O–H groups in total. The summed E-state index contributed by atoms with van der Waals surface area (Å²) in [6, 6.07) is 36.2. The highest BCUT2D eigenvalue weighted by Gasteiger charge is 2.41. The molecule has 3 nitrogen and oxygen atoms in total. The van der Waals surface area contributed by atoms with Crippen LogP contribution in [0, 0.1) is 6.92 Å². The zero-order valence-corrected chi connectivity index (χ0v) is 19.2. The number of nitrogens with zero attached hydrogens (tertiary/aromatic N) is 1. The van der Waals surface area contributed by atoms with Gasteiger partial charge in [0.15, 0.2) is 5.75 Å². The summed E-state index contributed by atoms with van der Waals surface area (Å²) in [4.78, 5) is 0. The SMILES string of the molecule is Cc1ccc2c3cc4c5c(c3n(-c3ccccc3)c2c1)Oc1ccccc1B5c1ccccc1O4. The molecule has 2 aliphatic heterocycles. The molecule has 5 aromatic carbocycles. The van der Waals surface area contributed by atoms with Crippen LogP contribution in [0.2, 0.25) is 0 Å². The molecule has 0 atom stereocenters. The first-order valence-corrected chi connectivity index (χ1v) is 12.0. The molecule has 8 rings (SSSR count). The summed E-state index contributed by atoms with van der Waals surface area (Å²) in [5, 5.41) is 2.32. The van der Waals surface area contributed by atoms with E-state index < -0.39 is 0 Å². The highest BCUT2D eigenvalue weighted by Crippen LogP contribution is 2.44. The highest BCUT2D eigenvalue weighted by molar-refractivity contribution is 6.98. The third kappa shape index (κ3) is 2.51. The second-order valence-electron chi connectivity index (χ2n) is 9.42. The molecule has 0 spiro atoms. The molecule has 4 heteroatoms. The standard InChI is InChI=1S/C31H20BNO2/c1-19-15-16-21-22-18-28-29-31(30(22)33(25(21)17-19)20-9-3-2-4-10-20)35-27-14-8-6-12-24(27)32(29)23-11-5-7-13-26(23)34-28/h2-18H,1H3. The Hall–Kier alpha value is -4.44. The summed E-state index contributed by atoms with van der Waals surface area (Å²) >= 11 is 0. The number of hydrogen-bond acceptors (Lipinski definition) is 2. The van der Waals surface area contributed by atoms with E-state index in [2.05, 4.69) is 102 Å². The molecule has 6 aromatic rings. The number of rotatable bonds is 1. The summed E-state index contributed by atoms with van der Waals surface area (Å²) in [6.07, 6.45) is 0. The molecule has 0 bridgehead atoms. The minimum absolute atomic E-state index is 0.0586. The Morgan fingerprint density at radius 1 is 0.629 bits per heavy atom. The summed E-state index contributed by atoms with van der Waals surface area (Å²) in [5.41, 5.74) is 8.05. The fraction of sp³-hybridized carbons (Fsp3) is 0.0323. The highest BCUT2D eigenvalue weighted by atomic mass is 16.5. The van der Waals surface area contributed by atoms with Crippen molar-refractivity contribution >= 4 is 44.9 Å². The van der Waals surface area contributed by atoms with Crippen LogP contribution < -0.4 is 25.9 Å². The van der Waals surface area contributed by atoms with E-state index >= 15 is 0 Å². The van der Waals surface area contributed by atoms with E-state index in [9.17, 15) is 0 Å². The van der Waals surface area contributed by atoms with Crippen molar-refractivity contribution in [3.05, 3.63) is 109 Å². The van der Waals surface area contributed by atoms with E-state index in [1.807, 2.05) is 12.1 Å². The van der Waals surface area contributed by atoms with Gasteiger partial charge in [0.1, 0.15) is 17.2 Å². The van der Waals surface area contributed by atoms with Crippen LogP contribution in [0.25, 0.3) is 27.5 Å². The van der Waals surface area contributed by atoms with Gasteiger partial charge in [0, 0.05) is 21.9 Å². The summed E-state index contributed by atoms with van der Waals surface area (Å²) in [6.45, 7) is 2.20. The number of benzene rings is 5. The average Bonchev–Trinajstić information content (AvgIpc) is 3.22. The molecule has 2 aliphatic rings. The Balaban J connectivity index is 1.57. The number of fused-ring (bicyclic) bond motifs is 8. The smallest absolute Gasteiger partial charge is 0.260 e. The third-order valence-corrected chi connectivity index (χ3v) is 7.36. The van der Waals surface area contributed by atoms with E-state index in [-0.39, 0.29) is 6.71 Å². The van der Waals surface area contributed by atoms with Gasteiger partial charge in [-0.25, -0.2) is 0 Å². The maximum absolute atomic E-state index is 6.77. The Labute approximate surface area is 203 Å². The first-order valence-electron chi connectivity index (χ1n) is 12.0. The summed E-state index contributed by atoms with van der Waals surface area (Å²) < 4.78 is 15.7. The van der Waals surface area contributed by atoms with Crippen LogP contribution in [-0.2, 0) is 0 Å². The normalized spacial score (nSPS) is 13.1. The zero-order valence-electron chi connectivity index (χ0n) is 19.2. The summed E-state index contributed by atoms with van der Waals surface area (Å²) in [5.74, 6) is 3.57. The minimum Gasteiger partial charge on any atom is -0.458 e. The van der Waals surface area contributed by atoms with Gasteiger partial charge in [-0.2, -0.15) is 0 Å². The fourth-order valence-electron chi connectivity index (χ4n) is 5.88. The second kappa shape index (κ2) is 6.80. The van der Waals surface area contributed by atoms with Gasteiger partial charge in [0.2, 0.25) is 0 Å². The maximum atomic E-state index is 6.77. The van der Waals surface area contributed by atoms with Gasteiger partial charge in [-0.3, -0.25) is 0 Å².